The molecule has 5 rings (SSSR count). The van der Waals surface area contributed by atoms with Crippen LogP contribution < -0.4 is 15.4 Å². The van der Waals surface area contributed by atoms with Crippen LogP contribution in [-0.2, 0) is 19.5 Å². The van der Waals surface area contributed by atoms with Gasteiger partial charge in [0.25, 0.3) is 0 Å². The van der Waals surface area contributed by atoms with Gasteiger partial charge in [-0.2, -0.15) is 19.5 Å². The molecule has 0 spiro atoms. The van der Waals surface area contributed by atoms with Crippen LogP contribution in [0.15, 0.2) is 29.3 Å². The number of nitriles is 1. The van der Waals surface area contributed by atoms with Gasteiger partial charge in [0.2, 0.25) is 16.0 Å². The van der Waals surface area contributed by atoms with E-state index < -0.39 is 10.0 Å². The fourth-order valence-electron chi connectivity index (χ4n) is 4.31. The second-order valence-electron chi connectivity index (χ2n) is 8.47. The third-order valence-corrected chi connectivity index (χ3v) is 8.14. The minimum Gasteiger partial charge on any atom is -0.495 e. The smallest absolute Gasteiger partial charge is 0.243 e. The van der Waals surface area contributed by atoms with Gasteiger partial charge >= 0.3 is 0 Å². The number of benzene rings is 1. The van der Waals surface area contributed by atoms with E-state index in [1.807, 2.05) is 0 Å². The summed E-state index contributed by atoms with van der Waals surface area (Å²) in [4.78, 5) is 12.3. The van der Waals surface area contributed by atoms with E-state index in [0.717, 1.165) is 12.8 Å². The highest BCUT2D eigenvalue weighted by Crippen LogP contribution is 2.33. The lowest BCUT2D eigenvalue weighted by molar-refractivity contribution is 0.0730. The van der Waals surface area contributed by atoms with Crippen molar-refractivity contribution in [2.24, 2.45) is 0 Å². The normalized spacial score (nSPS) is 17.6. The number of nitrogens with one attached hydrogen (secondary N) is 3. The van der Waals surface area contributed by atoms with E-state index in [1.54, 1.807) is 12.3 Å². The fourth-order valence-corrected chi connectivity index (χ4v) is 5.73. The molecule has 0 saturated carbocycles. The maximum absolute atomic E-state index is 13.1. The molecular weight excluding hydrogens is 486 g/mol. The predicted octanol–water partition coefficient (Wildman–Crippen LogP) is 2.19. The minimum atomic E-state index is -3.68. The van der Waals surface area contributed by atoms with Gasteiger partial charge in [0.05, 0.1) is 41.9 Å². The third kappa shape index (κ3) is 4.80. The maximum Gasteiger partial charge on any atom is 0.243 e. The summed E-state index contributed by atoms with van der Waals surface area (Å²) >= 11 is 0. The van der Waals surface area contributed by atoms with Crippen molar-refractivity contribution in [3.8, 4) is 11.8 Å². The van der Waals surface area contributed by atoms with Crippen LogP contribution >= 0.6 is 0 Å². The van der Waals surface area contributed by atoms with Crippen molar-refractivity contribution < 1.29 is 22.6 Å². The molecule has 2 fully saturated rings. The van der Waals surface area contributed by atoms with Crippen LogP contribution in [0.5, 0.6) is 5.75 Å². The molecule has 2 aromatic heterocycles. The van der Waals surface area contributed by atoms with Gasteiger partial charge in [0.1, 0.15) is 23.3 Å². The number of H-pyrrole nitrogens is 1. The molecule has 1 aromatic carbocycles. The number of hydrogen-bond acceptors (Lipinski definition) is 10. The molecule has 0 unspecified atom stereocenters. The number of fused-ring (bicyclic) bond motifs is 1. The summed E-state index contributed by atoms with van der Waals surface area (Å²) in [6.45, 7) is 2.67. The number of morpholine rings is 1. The van der Waals surface area contributed by atoms with Gasteiger partial charge in [0, 0.05) is 44.6 Å². The second kappa shape index (κ2) is 10.3. The Morgan fingerprint density at radius 3 is 2.64 bits per heavy atom. The monoisotopic (exact) mass is 513 g/mol. The van der Waals surface area contributed by atoms with Crippen LogP contribution in [-0.4, -0.2) is 80.3 Å². The summed E-state index contributed by atoms with van der Waals surface area (Å²) in [5, 5.41) is 16.7. The molecule has 0 amide bonds. The van der Waals surface area contributed by atoms with Gasteiger partial charge in [-0.1, -0.05) is 0 Å². The number of nitrogens with zero attached hydrogens (tertiary/aromatic N) is 4. The zero-order valence-corrected chi connectivity index (χ0v) is 20.6. The standard InChI is InChI=1S/C23H27N7O5S/c1-33-19-12-17(36(31,32)30-6-10-35-11-7-30)2-3-18(19)27-23-28-21-20(15(13-24)14-25-21)22(29-23)26-16-4-8-34-9-5-16/h2-3,12,14,16H,4-11H2,1H3,(H3,25,26,27,28,29). The van der Waals surface area contributed by atoms with E-state index >= 15 is 0 Å². The predicted molar refractivity (Wildman–Crippen MR) is 132 cm³/mol. The van der Waals surface area contributed by atoms with Crippen molar-refractivity contribution in [3.05, 3.63) is 30.0 Å². The van der Waals surface area contributed by atoms with Crippen molar-refractivity contribution in [1.29, 1.82) is 5.26 Å². The quantitative estimate of drug-likeness (QED) is 0.428. The number of ether oxygens (including phenoxy) is 3. The Labute approximate surface area is 208 Å². The van der Waals surface area contributed by atoms with E-state index in [4.69, 9.17) is 14.2 Å². The number of aromatic amines is 1. The number of rotatable bonds is 7. The van der Waals surface area contributed by atoms with Crippen molar-refractivity contribution in [2.75, 3.05) is 57.3 Å². The summed E-state index contributed by atoms with van der Waals surface area (Å²) in [7, 11) is -2.21. The highest BCUT2D eigenvalue weighted by molar-refractivity contribution is 7.89. The van der Waals surface area contributed by atoms with Crippen molar-refractivity contribution in [3.63, 3.8) is 0 Å². The van der Waals surface area contributed by atoms with Gasteiger partial charge in [-0.15, -0.1) is 0 Å². The molecule has 0 aliphatic carbocycles. The SMILES string of the molecule is COc1cc(S(=O)(=O)N2CCOCC2)ccc1Nc1nc(NC2CCOCC2)c2c(C#N)c[nH]c2n1. The maximum atomic E-state index is 13.1. The molecule has 2 saturated heterocycles. The summed E-state index contributed by atoms with van der Waals surface area (Å²) in [6, 6.07) is 6.97. The van der Waals surface area contributed by atoms with Crippen LogP contribution in [0.4, 0.5) is 17.5 Å². The Hall–Kier alpha value is -3.44. The molecule has 3 N–H and O–H groups in total. The van der Waals surface area contributed by atoms with Gasteiger partial charge in [-0.25, -0.2) is 8.42 Å². The Morgan fingerprint density at radius 1 is 1.17 bits per heavy atom. The Morgan fingerprint density at radius 2 is 1.92 bits per heavy atom. The highest BCUT2D eigenvalue weighted by Gasteiger charge is 2.27. The molecule has 0 atom stereocenters. The Bertz CT molecular complexity index is 1390. The Kier molecular flexibility index (Phi) is 6.92. The Balaban J connectivity index is 1.46. The lowest BCUT2D eigenvalue weighted by Crippen LogP contribution is -2.40. The third-order valence-electron chi connectivity index (χ3n) is 6.24. The van der Waals surface area contributed by atoms with Crippen LogP contribution in [0.25, 0.3) is 11.0 Å². The molecule has 36 heavy (non-hydrogen) atoms. The van der Waals surface area contributed by atoms with Crippen LogP contribution in [0.1, 0.15) is 18.4 Å². The lowest BCUT2D eigenvalue weighted by Gasteiger charge is -2.26. The first kappa shape index (κ1) is 24.3. The number of anilines is 3. The van der Waals surface area contributed by atoms with Gasteiger partial charge < -0.3 is 29.8 Å². The van der Waals surface area contributed by atoms with Crippen LogP contribution in [0, 0.1) is 11.3 Å². The van der Waals surface area contributed by atoms with Gasteiger partial charge in [-0.05, 0) is 25.0 Å². The number of hydrogen-bond donors (Lipinski definition) is 3. The average molecular weight is 514 g/mol. The second-order valence-corrected chi connectivity index (χ2v) is 10.4. The molecule has 3 aromatic rings. The van der Waals surface area contributed by atoms with Crippen LogP contribution in [0.3, 0.4) is 0 Å². The summed E-state index contributed by atoms with van der Waals surface area (Å²) in [5.74, 6) is 1.14. The molecule has 13 heteroatoms. The zero-order valence-electron chi connectivity index (χ0n) is 19.8. The van der Waals surface area contributed by atoms with Crippen molar-refractivity contribution in [2.45, 2.75) is 23.8 Å². The first-order valence-electron chi connectivity index (χ1n) is 11.7. The molecule has 2 aliphatic rings. The largest absolute Gasteiger partial charge is 0.495 e. The van der Waals surface area contributed by atoms with E-state index in [-0.39, 0.29) is 16.9 Å². The highest BCUT2D eigenvalue weighted by atomic mass is 32.2. The number of aromatic nitrogens is 3. The lowest BCUT2D eigenvalue weighted by atomic mass is 10.1. The molecular formula is C23H27N7O5S. The van der Waals surface area contributed by atoms with E-state index in [0.29, 0.717) is 73.4 Å². The zero-order chi connectivity index (χ0) is 25.1. The number of sulfonamides is 1. The van der Waals surface area contributed by atoms with E-state index in [9.17, 15) is 13.7 Å². The average Bonchev–Trinajstić information content (AvgIpc) is 3.33. The van der Waals surface area contributed by atoms with Gasteiger partial charge in [-0.3, -0.25) is 0 Å². The van der Waals surface area contributed by atoms with Crippen molar-refractivity contribution >= 4 is 38.5 Å². The number of methoxy groups -OCH3 is 1. The first-order valence-corrected chi connectivity index (χ1v) is 13.1. The fraction of sp³-hybridized carbons (Fsp3) is 0.435. The molecule has 0 bridgehead atoms. The molecule has 4 heterocycles. The first-order chi connectivity index (χ1) is 17.5. The van der Waals surface area contributed by atoms with E-state index in [2.05, 4.69) is 31.7 Å². The van der Waals surface area contributed by atoms with Crippen LogP contribution in [0.2, 0.25) is 0 Å². The molecule has 0 radical (unpaired) electrons. The molecule has 2 aliphatic heterocycles. The molecule has 12 nitrogen and oxygen atoms in total. The van der Waals surface area contributed by atoms with Gasteiger partial charge in [0.15, 0.2) is 0 Å². The van der Waals surface area contributed by atoms with Crippen molar-refractivity contribution in [1.82, 2.24) is 19.3 Å². The van der Waals surface area contributed by atoms with E-state index in [1.165, 1.54) is 23.5 Å². The minimum absolute atomic E-state index is 0.132. The summed E-state index contributed by atoms with van der Waals surface area (Å²) in [6.07, 6.45) is 3.26. The topological polar surface area (TPSA) is 154 Å². The summed E-state index contributed by atoms with van der Waals surface area (Å²) in [5.41, 5.74) is 1.45. The molecule has 190 valence electrons. The summed E-state index contributed by atoms with van der Waals surface area (Å²) < 4.78 is 43.7.